The Labute approximate surface area is 100 Å². The summed E-state index contributed by atoms with van der Waals surface area (Å²) in [5, 5.41) is 0. The standard InChI is InChI=1S/C10H16.2ClH.Zr/c1-8(2)6-10-5-4-9(3)7-10;;;/h4-5,7-8,10H,6H2,1-3H3;2*1H;/q;;;+2/p-2. The van der Waals surface area contributed by atoms with Gasteiger partial charge in [-0.2, -0.15) is 0 Å². The molecule has 3 heteroatoms. The second-order valence-electron chi connectivity index (χ2n) is 3.63. The molecule has 0 saturated heterocycles. The van der Waals surface area contributed by atoms with Crippen LogP contribution >= 0.6 is 17.0 Å². The summed E-state index contributed by atoms with van der Waals surface area (Å²) in [6, 6.07) is 0. The molecule has 0 bridgehead atoms. The molecule has 0 radical (unpaired) electrons. The molecule has 0 spiro atoms. The van der Waals surface area contributed by atoms with Crippen molar-refractivity contribution in [2.45, 2.75) is 27.2 Å². The SMILES string of the molecule is CC1=CC(CC(C)C)C=C1.[Cl][Zr][Cl]. The molecule has 0 nitrogen and oxygen atoms in total. The van der Waals surface area contributed by atoms with Gasteiger partial charge in [0.2, 0.25) is 0 Å². The molecule has 0 aliphatic heterocycles. The number of hydrogen-bond acceptors (Lipinski definition) is 0. The summed E-state index contributed by atoms with van der Waals surface area (Å²) >= 11 is -0.826. The van der Waals surface area contributed by atoms with Gasteiger partial charge < -0.3 is 0 Å². The summed E-state index contributed by atoms with van der Waals surface area (Å²) in [7, 11) is 9.87. The second-order valence-corrected chi connectivity index (χ2v) is 7.37. The summed E-state index contributed by atoms with van der Waals surface area (Å²) in [5.41, 5.74) is 1.42. The predicted octanol–water partition coefficient (Wildman–Crippen LogP) is 4.54. The van der Waals surface area contributed by atoms with Crippen molar-refractivity contribution in [2.24, 2.45) is 11.8 Å². The molecule has 0 aromatic carbocycles. The molecule has 1 unspecified atom stereocenters. The van der Waals surface area contributed by atoms with Crippen molar-refractivity contribution in [3.63, 3.8) is 0 Å². The number of allylic oxidation sites excluding steroid dienone is 4. The molecule has 13 heavy (non-hydrogen) atoms. The zero-order valence-electron chi connectivity index (χ0n) is 8.35. The van der Waals surface area contributed by atoms with Crippen LogP contribution in [-0.4, -0.2) is 0 Å². The van der Waals surface area contributed by atoms with Gasteiger partial charge in [0.15, 0.2) is 0 Å². The van der Waals surface area contributed by atoms with Gasteiger partial charge in [-0.3, -0.25) is 0 Å². The maximum absolute atomic E-state index is 4.93. The van der Waals surface area contributed by atoms with E-state index in [0.717, 1.165) is 11.8 Å². The topological polar surface area (TPSA) is 0 Å². The van der Waals surface area contributed by atoms with E-state index in [-0.39, 0.29) is 0 Å². The summed E-state index contributed by atoms with van der Waals surface area (Å²) in [5.74, 6) is 1.54. The van der Waals surface area contributed by atoms with E-state index in [1.807, 2.05) is 0 Å². The van der Waals surface area contributed by atoms with Crippen molar-refractivity contribution < 1.29 is 20.8 Å². The minimum atomic E-state index is -0.826. The average Bonchev–Trinajstić information content (AvgIpc) is 2.35. The van der Waals surface area contributed by atoms with Crippen LogP contribution < -0.4 is 0 Å². The first-order chi connectivity index (χ1) is 6.10. The van der Waals surface area contributed by atoms with Crippen LogP contribution in [0.4, 0.5) is 0 Å². The molecule has 0 aromatic heterocycles. The zero-order valence-corrected chi connectivity index (χ0v) is 12.3. The van der Waals surface area contributed by atoms with Gasteiger partial charge in [0.1, 0.15) is 0 Å². The van der Waals surface area contributed by atoms with E-state index in [9.17, 15) is 0 Å². The third kappa shape index (κ3) is 7.97. The van der Waals surface area contributed by atoms with Crippen molar-refractivity contribution in [2.75, 3.05) is 0 Å². The van der Waals surface area contributed by atoms with Gasteiger partial charge in [-0.05, 0) is 25.2 Å². The molecule has 1 aliphatic rings. The fraction of sp³-hybridized carbons (Fsp3) is 0.600. The van der Waals surface area contributed by atoms with Crippen LogP contribution in [0.2, 0.25) is 0 Å². The Kier molecular flexibility index (Phi) is 8.87. The Balaban J connectivity index is 0.000000424. The van der Waals surface area contributed by atoms with Crippen LogP contribution in [0.5, 0.6) is 0 Å². The minimum absolute atomic E-state index is 0.722. The quantitative estimate of drug-likeness (QED) is 0.702. The van der Waals surface area contributed by atoms with E-state index in [4.69, 9.17) is 17.0 Å². The molecule has 0 N–H and O–H groups in total. The maximum atomic E-state index is 4.93. The van der Waals surface area contributed by atoms with Gasteiger partial charge in [-0.1, -0.05) is 37.6 Å². The average molecular weight is 298 g/mol. The van der Waals surface area contributed by atoms with Crippen molar-refractivity contribution in [3.05, 3.63) is 23.8 Å². The van der Waals surface area contributed by atoms with Crippen LogP contribution in [0.15, 0.2) is 23.8 Å². The molecule has 0 saturated carbocycles. The van der Waals surface area contributed by atoms with Crippen LogP contribution in [0, 0.1) is 11.8 Å². The van der Waals surface area contributed by atoms with Crippen molar-refractivity contribution in [1.29, 1.82) is 0 Å². The molecule has 1 atom stereocenters. The van der Waals surface area contributed by atoms with Gasteiger partial charge in [-0.25, -0.2) is 0 Å². The van der Waals surface area contributed by atoms with Gasteiger partial charge in [0.05, 0.1) is 0 Å². The molecular weight excluding hydrogens is 282 g/mol. The Bertz CT molecular complexity index is 185. The van der Waals surface area contributed by atoms with E-state index in [2.05, 4.69) is 39.0 Å². The fourth-order valence-corrected chi connectivity index (χ4v) is 1.42. The first kappa shape index (κ1) is 13.9. The molecule has 0 heterocycles. The number of halogens is 2. The van der Waals surface area contributed by atoms with Gasteiger partial charge in [0.25, 0.3) is 0 Å². The van der Waals surface area contributed by atoms with Gasteiger partial charge >= 0.3 is 37.9 Å². The Morgan fingerprint density at radius 3 is 2.31 bits per heavy atom. The zero-order chi connectivity index (χ0) is 10.3. The first-order valence-corrected chi connectivity index (χ1v) is 10.8. The first-order valence-electron chi connectivity index (χ1n) is 4.43. The second kappa shape index (κ2) is 8.27. The van der Waals surface area contributed by atoms with Gasteiger partial charge in [0, 0.05) is 0 Å². The fourth-order valence-electron chi connectivity index (χ4n) is 1.42. The third-order valence-corrected chi connectivity index (χ3v) is 1.83. The molecule has 0 aromatic rings. The van der Waals surface area contributed by atoms with E-state index in [0.29, 0.717) is 0 Å². The summed E-state index contributed by atoms with van der Waals surface area (Å²) in [6.07, 6.45) is 8.16. The summed E-state index contributed by atoms with van der Waals surface area (Å²) < 4.78 is 0. The van der Waals surface area contributed by atoms with Crippen molar-refractivity contribution >= 4 is 17.0 Å². The number of rotatable bonds is 2. The molecule has 1 aliphatic carbocycles. The van der Waals surface area contributed by atoms with Crippen molar-refractivity contribution in [3.8, 4) is 0 Å². The number of hydrogen-bond donors (Lipinski definition) is 0. The van der Waals surface area contributed by atoms with E-state index in [1.165, 1.54) is 12.0 Å². The van der Waals surface area contributed by atoms with E-state index < -0.39 is 20.8 Å². The monoisotopic (exact) mass is 296 g/mol. The van der Waals surface area contributed by atoms with E-state index in [1.54, 1.807) is 0 Å². The van der Waals surface area contributed by atoms with E-state index >= 15 is 0 Å². The van der Waals surface area contributed by atoms with Gasteiger partial charge in [-0.15, -0.1) is 0 Å². The molecule has 1 rings (SSSR count). The Morgan fingerprint density at radius 1 is 1.46 bits per heavy atom. The Morgan fingerprint density at radius 2 is 2.00 bits per heavy atom. The molecular formula is C10H16Cl2Zr. The van der Waals surface area contributed by atoms with Crippen LogP contribution in [0.3, 0.4) is 0 Å². The normalized spacial score (nSPS) is 19.5. The Hall–Kier alpha value is 0.943. The predicted molar refractivity (Wildman–Crippen MR) is 57.5 cm³/mol. The third-order valence-electron chi connectivity index (χ3n) is 1.83. The molecule has 0 amide bonds. The summed E-state index contributed by atoms with van der Waals surface area (Å²) in [4.78, 5) is 0. The van der Waals surface area contributed by atoms with Crippen LogP contribution in [0.25, 0.3) is 0 Å². The van der Waals surface area contributed by atoms with Crippen LogP contribution in [-0.2, 0) is 20.8 Å². The van der Waals surface area contributed by atoms with Crippen LogP contribution in [0.1, 0.15) is 27.2 Å². The molecule has 74 valence electrons. The summed E-state index contributed by atoms with van der Waals surface area (Å²) in [6.45, 7) is 6.71. The van der Waals surface area contributed by atoms with Crippen molar-refractivity contribution in [1.82, 2.24) is 0 Å². The molecule has 0 fully saturated rings.